The van der Waals surface area contributed by atoms with Crippen LogP contribution in [0.4, 0.5) is 0 Å². The number of amides is 1. The Hall–Kier alpha value is -0.550. The molecule has 0 unspecified atom stereocenters. The number of likely N-dealkylation sites (tertiary alicyclic amines) is 1. The molecule has 1 fully saturated rings. The van der Waals surface area contributed by atoms with E-state index in [1.807, 2.05) is 22.7 Å². The Kier molecular flexibility index (Phi) is 4.56. The van der Waals surface area contributed by atoms with Crippen LogP contribution in [0.2, 0.25) is 0 Å². The third-order valence-electron chi connectivity index (χ3n) is 2.90. The second-order valence-corrected chi connectivity index (χ2v) is 8.83. The zero-order valence-electron chi connectivity index (χ0n) is 11.5. The fourth-order valence-electron chi connectivity index (χ4n) is 2.22. The van der Waals surface area contributed by atoms with Gasteiger partial charge in [0.15, 0.2) is 0 Å². The molecular weight excluding hydrogens is 324 g/mol. The van der Waals surface area contributed by atoms with Crippen LogP contribution in [0, 0.1) is 0 Å². The SMILES string of the molecule is CC(C)(C)S[C@@H]1CCN(C(=O)c2cncc(Br)c2)C1. The summed E-state index contributed by atoms with van der Waals surface area (Å²) in [7, 11) is 0. The van der Waals surface area contributed by atoms with Crippen molar-refractivity contribution in [2.45, 2.75) is 37.2 Å². The molecule has 0 saturated carbocycles. The van der Waals surface area contributed by atoms with Gasteiger partial charge in [-0.2, -0.15) is 11.8 Å². The van der Waals surface area contributed by atoms with Crippen molar-refractivity contribution in [2.75, 3.05) is 13.1 Å². The van der Waals surface area contributed by atoms with E-state index in [4.69, 9.17) is 0 Å². The van der Waals surface area contributed by atoms with E-state index in [2.05, 4.69) is 41.7 Å². The van der Waals surface area contributed by atoms with Crippen molar-refractivity contribution in [3.8, 4) is 0 Å². The minimum Gasteiger partial charge on any atom is -0.337 e. The maximum Gasteiger partial charge on any atom is 0.255 e. The summed E-state index contributed by atoms with van der Waals surface area (Å²) in [6.07, 6.45) is 4.41. The predicted molar refractivity (Wildman–Crippen MR) is 83.6 cm³/mol. The van der Waals surface area contributed by atoms with Gasteiger partial charge in [-0.15, -0.1) is 0 Å². The summed E-state index contributed by atoms with van der Waals surface area (Å²) in [4.78, 5) is 18.4. The molecule has 1 aliphatic rings. The average molecular weight is 343 g/mol. The molecule has 0 radical (unpaired) electrons. The molecule has 0 aromatic carbocycles. The lowest BCUT2D eigenvalue weighted by Gasteiger charge is -2.23. The van der Waals surface area contributed by atoms with Crippen molar-refractivity contribution in [1.82, 2.24) is 9.88 Å². The van der Waals surface area contributed by atoms with Crippen molar-refractivity contribution in [2.24, 2.45) is 0 Å². The highest BCUT2D eigenvalue weighted by Crippen LogP contribution is 2.33. The molecule has 104 valence electrons. The molecule has 0 aliphatic carbocycles. The highest BCUT2D eigenvalue weighted by molar-refractivity contribution is 9.10. The third kappa shape index (κ3) is 4.21. The Balaban J connectivity index is 1.99. The number of carbonyl (C=O) groups excluding carboxylic acids is 1. The molecule has 1 amide bonds. The maximum absolute atomic E-state index is 12.4. The van der Waals surface area contributed by atoms with Crippen LogP contribution in [-0.2, 0) is 0 Å². The predicted octanol–water partition coefficient (Wildman–Crippen LogP) is 3.59. The lowest BCUT2D eigenvalue weighted by molar-refractivity contribution is 0.0792. The van der Waals surface area contributed by atoms with Gasteiger partial charge in [0, 0.05) is 40.0 Å². The molecule has 2 rings (SSSR count). The number of aromatic nitrogens is 1. The first-order valence-corrected chi connectivity index (χ1v) is 8.10. The molecule has 1 aromatic heterocycles. The van der Waals surface area contributed by atoms with Crippen LogP contribution < -0.4 is 0 Å². The van der Waals surface area contributed by atoms with E-state index in [1.165, 1.54) is 0 Å². The summed E-state index contributed by atoms with van der Waals surface area (Å²) < 4.78 is 1.10. The Morgan fingerprint density at radius 1 is 1.47 bits per heavy atom. The van der Waals surface area contributed by atoms with E-state index in [0.29, 0.717) is 10.8 Å². The first kappa shape index (κ1) is 14.9. The van der Waals surface area contributed by atoms with Gasteiger partial charge in [-0.3, -0.25) is 9.78 Å². The number of hydrogen-bond acceptors (Lipinski definition) is 3. The summed E-state index contributed by atoms with van der Waals surface area (Å²) in [5.41, 5.74) is 0.663. The molecule has 2 heterocycles. The first-order valence-electron chi connectivity index (χ1n) is 6.43. The van der Waals surface area contributed by atoms with Crippen LogP contribution in [0.1, 0.15) is 37.6 Å². The zero-order valence-corrected chi connectivity index (χ0v) is 13.9. The molecule has 0 N–H and O–H groups in total. The van der Waals surface area contributed by atoms with E-state index in [1.54, 1.807) is 12.4 Å². The van der Waals surface area contributed by atoms with Gasteiger partial charge in [0.25, 0.3) is 5.91 Å². The Bertz CT molecular complexity index is 473. The minimum atomic E-state index is 0.0887. The largest absolute Gasteiger partial charge is 0.337 e. The lowest BCUT2D eigenvalue weighted by atomic mass is 10.2. The minimum absolute atomic E-state index is 0.0887. The number of nitrogens with zero attached hydrogens (tertiary/aromatic N) is 2. The van der Waals surface area contributed by atoms with Crippen LogP contribution in [0.25, 0.3) is 0 Å². The highest BCUT2D eigenvalue weighted by Gasteiger charge is 2.30. The van der Waals surface area contributed by atoms with E-state index in [0.717, 1.165) is 24.0 Å². The van der Waals surface area contributed by atoms with Crippen molar-refractivity contribution >= 4 is 33.6 Å². The van der Waals surface area contributed by atoms with Crippen molar-refractivity contribution in [1.29, 1.82) is 0 Å². The lowest BCUT2D eigenvalue weighted by Crippen LogP contribution is -2.29. The van der Waals surface area contributed by atoms with Gasteiger partial charge in [-0.05, 0) is 28.4 Å². The maximum atomic E-state index is 12.4. The third-order valence-corrected chi connectivity index (χ3v) is 4.76. The number of halogens is 1. The van der Waals surface area contributed by atoms with E-state index in [-0.39, 0.29) is 10.7 Å². The zero-order chi connectivity index (χ0) is 14.0. The Morgan fingerprint density at radius 2 is 2.21 bits per heavy atom. The Labute approximate surface area is 127 Å². The molecule has 0 spiro atoms. The number of pyridine rings is 1. The van der Waals surface area contributed by atoms with Gasteiger partial charge in [0.1, 0.15) is 0 Å². The van der Waals surface area contributed by atoms with E-state index < -0.39 is 0 Å². The number of carbonyl (C=O) groups is 1. The summed E-state index contributed by atoms with van der Waals surface area (Å²) in [5, 5.41) is 0.545. The number of hydrogen-bond donors (Lipinski definition) is 0. The first-order chi connectivity index (χ1) is 8.85. The monoisotopic (exact) mass is 342 g/mol. The van der Waals surface area contributed by atoms with Gasteiger partial charge in [-0.1, -0.05) is 20.8 Å². The number of rotatable bonds is 2. The van der Waals surface area contributed by atoms with E-state index >= 15 is 0 Å². The molecule has 1 saturated heterocycles. The smallest absolute Gasteiger partial charge is 0.255 e. The molecule has 1 aliphatic heterocycles. The fourth-order valence-corrected chi connectivity index (χ4v) is 4.06. The van der Waals surface area contributed by atoms with Gasteiger partial charge in [0.05, 0.1) is 5.56 Å². The Morgan fingerprint density at radius 3 is 2.84 bits per heavy atom. The summed E-state index contributed by atoms with van der Waals surface area (Å²) in [6, 6.07) is 1.83. The van der Waals surface area contributed by atoms with Crippen LogP contribution in [0.15, 0.2) is 22.9 Å². The van der Waals surface area contributed by atoms with Gasteiger partial charge in [-0.25, -0.2) is 0 Å². The second-order valence-electron chi connectivity index (χ2n) is 5.78. The second kappa shape index (κ2) is 5.83. The summed E-state index contributed by atoms with van der Waals surface area (Å²) in [5.74, 6) is 0.0887. The fraction of sp³-hybridized carbons (Fsp3) is 0.571. The highest BCUT2D eigenvalue weighted by atomic mass is 79.9. The summed E-state index contributed by atoms with van der Waals surface area (Å²) in [6.45, 7) is 8.35. The van der Waals surface area contributed by atoms with Gasteiger partial charge < -0.3 is 4.90 Å². The molecule has 1 atom stereocenters. The van der Waals surface area contributed by atoms with Crippen LogP contribution in [-0.4, -0.2) is 38.9 Å². The molecule has 1 aromatic rings. The molecule has 5 heteroatoms. The van der Waals surface area contributed by atoms with Crippen LogP contribution >= 0.6 is 27.7 Å². The quantitative estimate of drug-likeness (QED) is 0.823. The molecule has 3 nitrogen and oxygen atoms in total. The standard InChI is InChI=1S/C14H19BrN2OS/c1-14(2,3)19-12-4-5-17(9-12)13(18)10-6-11(15)8-16-7-10/h6-8,12H,4-5,9H2,1-3H3/t12-/m1/s1. The topological polar surface area (TPSA) is 33.2 Å². The van der Waals surface area contributed by atoms with E-state index in [9.17, 15) is 4.79 Å². The molecule has 19 heavy (non-hydrogen) atoms. The molecule has 0 bridgehead atoms. The normalized spacial score (nSPS) is 19.8. The van der Waals surface area contributed by atoms with Gasteiger partial charge >= 0.3 is 0 Å². The van der Waals surface area contributed by atoms with Crippen molar-refractivity contribution < 1.29 is 4.79 Å². The molecular formula is C14H19BrN2OS. The van der Waals surface area contributed by atoms with Crippen LogP contribution in [0.5, 0.6) is 0 Å². The number of thioether (sulfide) groups is 1. The van der Waals surface area contributed by atoms with Gasteiger partial charge in [0.2, 0.25) is 0 Å². The van der Waals surface area contributed by atoms with Crippen LogP contribution in [0.3, 0.4) is 0 Å². The average Bonchev–Trinajstić information content (AvgIpc) is 2.74. The summed E-state index contributed by atoms with van der Waals surface area (Å²) >= 11 is 5.32. The van der Waals surface area contributed by atoms with Crippen molar-refractivity contribution in [3.63, 3.8) is 0 Å². The van der Waals surface area contributed by atoms with Crippen molar-refractivity contribution in [3.05, 3.63) is 28.5 Å².